The molecule has 1 saturated carbocycles. The number of nitrogens with zero attached hydrogens (tertiary/aromatic N) is 1. The van der Waals surface area contributed by atoms with Crippen molar-refractivity contribution in [2.24, 2.45) is 0 Å². The van der Waals surface area contributed by atoms with Crippen LogP contribution in [0.1, 0.15) is 55.8 Å². The third kappa shape index (κ3) is 3.92. The molecule has 1 amide bonds. The number of hydrogen-bond acceptors (Lipinski definition) is 3. The molecule has 1 heterocycles. The highest BCUT2D eigenvalue weighted by Gasteiger charge is 2.34. The molecule has 23 heavy (non-hydrogen) atoms. The molecule has 3 rings (SSSR count). The van der Waals surface area contributed by atoms with E-state index in [2.05, 4.69) is 23.2 Å². The van der Waals surface area contributed by atoms with Crippen LogP contribution >= 0.6 is 11.8 Å². The van der Waals surface area contributed by atoms with E-state index in [1.54, 1.807) is 11.8 Å². The molecule has 1 N–H and O–H groups in total. The maximum Gasteiger partial charge on any atom is 0.255 e. The molecule has 1 aliphatic heterocycles. The van der Waals surface area contributed by atoms with Gasteiger partial charge in [-0.3, -0.25) is 4.79 Å². The van der Waals surface area contributed by atoms with E-state index in [1.165, 1.54) is 32.1 Å². The van der Waals surface area contributed by atoms with Crippen LogP contribution in [0.2, 0.25) is 0 Å². The minimum atomic E-state index is 0.252. The van der Waals surface area contributed by atoms with Crippen molar-refractivity contribution >= 4 is 17.7 Å². The Morgan fingerprint density at radius 3 is 2.65 bits per heavy atom. The first kappa shape index (κ1) is 16.8. The monoisotopic (exact) mass is 332 g/mol. The summed E-state index contributed by atoms with van der Waals surface area (Å²) >= 11 is 1.77. The Bertz CT molecular complexity index is 522. The minimum absolute atomic E-state index is 0.252. The maximum absolute atomic E-state index is 13.4. The lowest BCUT2D eigenvalue weighted by atomic mass is 9.92. The van der Waals surface area contributed by atoms with Gasteiger partial charge < -0.3 is 10.2 Å². The molecule has 2 fully saturated rings. The van der Waals surface area contributed by atoms with Crippen LogP contribution in [0.5, 0.6) is 0 Å². The van der Waals surface area contributed by atoms with Gasteiger partial charge in [0.05, 0.1) is 5.56 Å². The standard InChI is InChI=1S/C19H28N2OS/c1-2-23-18-11-7-6-10-17(18)19(22)21(16-12-13-20-14-16)15-8-4-3-5-9-15/h6-7,10-11,15-16,20H,2-5,8-9,12-14H2,1H3. The average Bonchev–Trinajstić information content (AvgIpc) is 3.11. The fourth-order valence-electron chi connectivity index (χ4n) is 3.93. The van der Waals surface area contributed by atoms with E-state index >= 15 is 0 Å². The van der Waals surface area contributed by atoms with Gasteiger partial charge in [-0.25, -0.2) is 0 Å². The third-order valence-electron chi connectivity index (χ3n) is 5.05. The van der Waals surface area contributed by atoms with Crippen LogP contribution in [-0.2, 0) is 0 Å². The molecule has 1 saturated heterocycles. The molecule has 0 spiro atoms. The van der Waals surface area contributed by atoms with E-state index < -0.39 is 0 Å². The summed E-state index contributed by atoms with van der Waals surface area (Å²) in [5.41, 5.74) is 0.900. The first-order valence-electron chi connectivity index (χ1n) is 9.06. The molecule has 1 atom stereocenters. The SMILES string of the molecule is CCSc1ccccc1C(=O)N(C1CCCCC1)C1CCNC1. The van der Waals surface area contributed by atoms with Crippen molar-refractivity contribution in [2.75, 3.05) is 18.8 Å². The summed E-state index contributed by atoms with van der Waals surface area (Å²) < 4.78 is 0. The summed E-state index contributed by atoms with van der Waals surface area (Å²) in [6, 6.07) is 8.94. The fraction of sp³-hybridized carbons (Fsp3) is 0.632. The van der Waals surface area contributed by atoms with Crippen LogP contribution in [-0.4, -0.2) is 41.7 Å². The van der Waals surface area contributed by atoms with Gasteiger partial charge in [0.15, 0.2) is 0 Å². The van der Waals surface area contributed by atoms with E-state index in [9.17, 15) is 4.79 Å². The summed E-state index contributed by atoms with van der Waals surface area (Å²) in [5, 5.41) is 3.44. The van der Waals surface area contributed by atoms with E-state index in [4.69, 9.17) is 0 Å². The van der Waals surface area contributed by atoms with Crippen LogP contribution in [0, 0.1) is 0 Å². The summed E-state index contributed by atoms with van der Waals surface area (Å²) in [6.45, 7) is 4.13. The molecule has 0 radical (unpaired) electrons. The van der Waals surface area contributed by atoms with Crippen LogP contribution < -0.4 is 5.32 Å². The predicted octanol–water partition coefficient (Wildman–Crippen LogP) is 3.94. The Morgan fingerprint density at radius 1 is 1.17 bits per heavy atom. The number of thioether (sulfide) groups is 1. The van der Waals surface area contributed by atoms with Crippen molar-refractivity contribution in [3.8, 4) is 0 Å². The number of amides is 1. The lowest BCUT2D eigenvalue weighted by Crippen LogP contribution is -2.49. The first-order chi connectivity index (χ1) is 11.3. The molecular formula is C19H28N2OS. The van der Waals surface area contributed by atoms with Gasteiger partial charge in [-0.05, 0) is 43.7 Å². The smallest absolute Gasteiger partial charge is 0.255 e. The Hall–Kier alpha value is -1.00. The zero-order valence-electron chi connectivity index (χ0n) is 14.1. The van der Waals surface area contributed by atoms with Gasteiger partial charge >= 0.3 is 0 Å². The van der Waals surface area contributed by atoms with Crippen LogP contribution in [0.25, 0.3) is 0 Å². The van der Waals surface area contributed by atoms with Gasteiger partial charge in [-0.2, -0.15) is 0 Å². The van der Waals surface area contributed by atoms with E-state index in [1.807, 2.05) is 18.2 Å². The fourth-order valence-corrected chi connectivity index (χ4v) is 4.73. The second-order valence-electron chi connectivity index (χ2n) is 6.58. The molecular weight excluding hydrogens is 304 g/mol. The van der Waals surface area contributed by atoms with Crippen LogP contribution in [0.15, 0.2) is 29.2 Å². The highest BCUT2D eigenvalue weighted by molar-refractivity contribution is 7.99. The molecule has 1 aromatic carbocycles. The molecule has 126 valence electrons. The van der Waals surface area contributed by atoms with Crippen molar-refractivity contribution in [1.29, 1.82) is 0 Å². The lowest BCUT2D eigenvalue weighted by Gasteiger charge is -2.38. The highest BCUT2D eigenvalue weighted by atomic mass is 32.2. The molecule has 1 aliphatic carbocycles. The second kappa shape index (κ2) is 8.20. The Morgan fingerprint density at radius 2 is 1.96 bits per heavy atom. The molecule has 0 bridgehead atoms. The van der Waals surface area contributed by atoms with Crippen molar-refractivity contribution in [3.63, 3.8) is 0 Å². The first-order valence-corrected chi connectivity index (χ1v) is 10.0. The predicted molar refractivity (Wildman–Crippen MR) is 97.2 cm³/mol. The average molecular weight is 333 g/mol. The molecule has 4 heteroatoms. The lowest BCUT2D eigenvalue weighted by molar-refractivity contribution is 0.0531. The molecule has 1 unspecified atom stereocenters. The van der Waals surface area contributed by atoms with Gasteiger partial charge in [0.1, 0.15) is 0 Å². The Labute approximate surface area is 144 Å². The molecule has 0 aromatic heterocycles. The van der Waals surface area contributed by atoms with Gasteiger partial charge in [0.2, 0.25) is 0 Å². The number of nitrogens with one attached hydrogen (secondary N) is 1. The van der Waals surface area contributed by atoms with Gasteiger partial charge in [0, 0.05) is 23.5 Å². The van der Waals surface area contributed by atoms with Crippen LogP contribution in [0.4, 0.5) is 0 Å². The summed E-state index contributed by atoms with van der Waals surface area (Å²) in [6.07, 6.45) is 7.28. The number of benzene rings is 1. The zero-order valence-corrected chi connectivity index (χ0v) is 14.9. The number of hydrogen-bond donors (Lipinski definition) is 1. The van der Waals surface area contributed by atoms with E-state index in [0.717, 1.165) is 35.7 Å². The Balaban J connectivity index is 1.87. The Kier molecular flexibility index (Phi) is 6.01. The largest absolute Gasteiger partial charge is 0.331 e. The summed E-state index contributed by atoms with van der Waals surface area (Å²) in [4.78, 5) is 16.8. The second-order valence-corrected chi connectivity index (χ2v) is 7.89. The van der Waals surface area contributed by atoms with Crippen molar-refractivity contribution in [3.05, 3.63) is 29.8 Å². The van der Waals surface area contributed by atoms with E-state index in [-0.39, 0.29) is 5.91 Å². The van der Waals surface area contributed by atoms with Crippen molar-refractivity contribution < 1.29 is 4.79 Å². The van der Waals surface area contributed by atoms with Crippen LogP contribution in [0.3, 0.4) is 0 Å². The molecule has 1 aromatic rings. The van der Waals surface area contributed by atoms with Crippen molar-refractivity contribution in [2.45, 2.75) is 62.4 Å². The van der Waals surface area contributed by atoms with Crippen molar-refractivity contribution in [1.82, 2.24) is 10.2 Å². The van der Waals surface area contributed by atoms with Gasteiger partial charge in [0.25, 0.3) is 5.91 Å². The normalized spacial score (nSPS) is 22.2. The maximum atomic E-state index is 13.4. The molecule has 3 nitrogen and oxygen atoms in total. The number of rotatable bonds is 5. The van der Waals surface area contributed by atoms with Gasteiger partial charge in [-0.1, -0.05) is 38.3 Å². The quantitative estimate of drug-likeness (QED) is 0.829. The topological polar surface area (TPSA) is 32.3 Å². The summed E-state index contributed by atoms with van der Waals surface area (Å²) in [7, 11) is 0. The third-order valence-corrected chi connectivity index (χ3v) is 6.00. The zero-order chi connectivity index (χ0) is 16.1. The highest BCUT2D eigenvalue weighted by Crippen LogP contribution is 2.30. The van der Waals surface area contributed by atoms with Gasteiger partial charge in [-0.15, -0.1) is 11.8 Å². The number of carbonyl (C=O) groups excluding carboxylic acids is 1. The molecule has 2 aliphatic rings. The van der Waals surface area contributed by atoms with E-state index in [0.29, 0.717) is 12.1 Å². The minimum Gasteiger partial charge on any atom is -0.331 e. The summed E-state index contributed by atoms with van der Waals surface area (Å²) in [5.74, 6) is 1.25. The number of carbonyl (C=O) groups is 1.